The molecule has 0 aromatic rings. The van der Waals surface area contributed by atoms with Gasteiger partial charge in [0.15, 0.2) is 0 Å². The van der Waals surface area contributed by atoms with Crippen LogP contribution in [0, 0.1) is 17.8 Å². The van der Waals surface area contributed by atoms with Gasteiger partial charge in [-0.15, -0.1) is 0 Å². The van der Waals surface area contributed by atoms with Crippen molar-refractivity contribution in [2.45, 2.75) is 39.5 Å². The summed E-state index contributed by atoms with van der Waals surface area (Å²) in [4.78, 5) is 10.7. The van der Waals surface area contributed by atoms with Crippen molar-refractivity contribution in [2.24, 2.45) is 17.8 Å². The first kappa shape index (κ1) is 15.4. The van der Waals surface area contributed by atoms with Gasteiger partial charge in [0.1, 0.15) is 0 Å². The predicted molar refractivity (Wildman–Crippen MR) is 69.7 cm³/mol. The number of carboxylic acid groups (broad SMARTS) is 1. The molecule has 1 atom stereocenters. The molecule has 1 fully saturated rings. The van der Waals surface area contributed by atoms with Crippen molar-refractivity contribution in [3.63, 3.8) is 0 Å². The van der Waals surface area contributed by atoms with E-state index in [1.54, 1.807) is 0 Å². The maximum absolute atomic E-state index is 11.7. The summed E-state index contributed by atoms with van der Waals surface area (Å²) >= 11 is 0. The summed E-state index contributed by atoms with van der Waals surface area (Å²) < 4.78 is 25.9. The molecule has 0 spiro atoms. The van der Waals surface area contributed by atoms with Gasteiger partial charge in [0, 0.05) is 13.0 Å². The number of carboxylic acids is 1. The van der Waals surface area contributed by atoms with E-state index < -0.39 is 16.0 Å². The second-order valence-corrected chi connectivity index (χ2v) is 7.52. The van der Waals surface area contributed by atoms with Crippen LogP contribution in [-0.4, -0.2) is 31.8 Å². The highest BCUT2D eigenvalue weighted by Gasteiger charge is 2.28. The van der Waals surface area contributed by atoms with Crippen LogP contribution in [0.5, 0.6) is 0 Å². The van der Waals surface area contributed by atoms with E-state index in [0.29, 0.717) is 11.8 Å². The van der Waals surface area contributed by atoms with Gasteiger partial charge in [-0.1, -0.05) is 13.8 Å². The van der Waals surface area contributed by atoms with Crippen LogP contribution in [0.15, 0.2) is 0 Å². The van der Waals surface area contributed by atoms with Gasteiger partial charge in [-0.2, -0.15) is 0 Å². The van der Waals surface area contributed by atoms with Crippen molar-refractivity contribution >= 4 is 16.0 Å². The summed E-state index contributed by atoms with van der Waals surface area (Å²) in [5, 5.41) is 8.80. The fourth-order valence-electron chi connectivity index (χ4n) is 2.05. The zero-order valence-electron chi connectivity index (χ0n) is 11.1. The Morgan fingerprint density at radius 1 is 1.39 bits per heavy atom. The van der Waals surface area contributed by atoms with Gasteiger partial charge >= 0.3 is 5.97 Å². The number of hydrogen-bond acceptors (Lipinski definition) is 3. The molecule has 6 heteroatoms. The largest absolute Gasteiger partial charge is 0.481 e. The molecule has 1 rings (SSSR count). The van der Waals surface area contributed by atoms with Crippen LogP contribution >= 0.6 is 0 Å². The number of aliphatic carboxylic acids is 1. The van der Waals surface area contributed by atoms with E-state index in [2.05, 4.69) is 4.72 Å². The lowest BCUT2D eigenvalue weighted by Crippen LogP contribution is -2.33. The molecule has 18 heavy (non-hydrogen) atoms. The molecule has 0 bridgehead atoms. The topological polar surface area (TPSA) is 83.5 Å². The minimum Gasteiger partial charge on any atom is -0.481 e. The maximum Gasteiger partial charge on any atom is 0.303 e. The van der Waals surface area contributed by atoms with E-state index in [4.69, 9.17) is 5.11 Å². The molecule has 106 valence electrons. The van der Waals surface area contributed by atoms with E-state index in [1.165, 1.54) is 0 Å². The fraction of sp³-hybridized carbons (Fsp3) is 0.917. The normalized spacial score (nSPS) is 17.9. The van der Waals surface area contributed by atoms with E-state index in [-0.39, 0.29) is 24.6 Å². The molecule has 0 saturated heterocycles. The molecule has 1 aliphatic rings. The molecule has 1 unspecified atom stereocenters. The van der Waals surface area contributed by atoms with Crippen molar-refractivity contribution in [3.8, 4) is 0 Å². The Balaban J connectivity index is 2.41. The third kappa shape index (κ3) is 6.96. The van der Waals surface area contributed by atoms with Gasteiger partial charge in [0.25, 0.3) is 0 Å². The molecule has 0 aromatic carbocycles. The van der Waals surface area contributed by atoms with Gasteiger partial charge in [0.2, 0.25) is 10.0 Å². The summed E-state index contributed by atoms with van der Waals surface area (Å²) in [6.07, 6.45) is 2.72. The quantitative estimate of drug-likeness (QED) is 0.668. The van der Waals surface area contributed by atoms with Gasteiger partial charge < -0.3 is 5.11 Å². The minimum atomic E-state index is -3.23. The van der Waals surface area contributed by atoms with Crippen LogP contribution in [0.25, 0.3) is 0 Å². The molecular weight excluding hydrogens is 254 g/mol. The van der Waals surface area contributed by atoms with Crippen LogP contribution in [0.1, 0.15) is 39.5 Å². The monoisotopic (exact) mass is 277 g/mol. The van der Waals surface area contributed by atoms with Crippen molar-refractivity contribution in [1.82, 2.24) is 4.72 Å². The molecule has 0 radical (unpaired) electrons. The van der Waals surface area contributed by atoms with E-state index in [0.717, 1.165) is 19.3 Å². The van der Waals surface area contributed by atoms with Crippen molar-refractivity contribution in [2.75, 3.05) is 12.3 Å². The Kier molecular flexibility index (Phi) is 5.59. The lowest BCUT2D eigenvalue weighted by Gasteiger charge is -2.17. The Morgan fingerprint density at radius 2 is 2.00 bits per heavy atom. The van der Waals surface area contributed by atoms with Crippen LogP contribution in [0.2, 0.25) is 0 Å². The lowest BCUT2D eigenvalue weighted by atomic mass is 9.94. The number of hydrogen-bond donors (Lipinski definition) is 2. The molecule has 2 N–H and O–H groups in total. The number of sulfonamides is 1. The molecule has 1 aliphatic carbocycles. The Labute approximate surface area is 109 Å². The highest BCUT2D eigenvalue weighted by molar-refractivity contribution is 7.89. The number of nitrogens with one attached hydrogen (secondary N) is 1. The third-order valence-corrected chi connectivity index (χ3v) is 4.53. The smallest absolute Gasteiger partial charge is 0.303 e. The third-order valence-electron chi connectivity index (χ3n) is 3.01. The maximum atomic E-state index is 11.7. The van der Waals surface area contributed by atoms with Crippen LogP contribution < -0.4 is 4.72 Å². The van der Waals surface area contributed by atoms with E-state index in [9.17, 15) is 13.2 Å². The molecular formula is C12H23NO4S. The summed E-state index contributed by atoms with van der Waals surface area (Å²) in [5.41, 5.74) is 0. The van der Waals surface area contributed by atoms with E-state index >= 15 is 0 Å². The molecule has 5 nitrogen and oxygen atoms in total. The minimum absolute atomic E-state index is 0.0180. The fourth-order valence-corrected chi connectivity index (χ4v) is 3.61. The molecule has 0 aliphatic heterocycles. The van der Waals surface area contributed by atoms with Crippen molar-refractivity contribution in [3.05, 3.63) is 0 Å². The van der Waals surface area contributed by atoms with Gasteiger partial charge in [-0.3, -0.25) is 4.79 Å². The zero-order chi connectivity index (χ0) is 13.8. The zero-order valence-corrected chi connectivity index (χ0v) is 11.9. The number of carbonyl (C=O) groups is 1. The summed E-state index contributed by atoms with van der Waals surface area (Å²) in [6.45, 7) is 4.25. The van der Waals surface area contributed by atoms with Crippen LogP contribution in [0.3, 0.4) is 0 Å². The molecule has 0 aromatic heterocycles. The summed E-state index contributed by atoms with van der Waals surface area (Å²) in [7, 11) is -3.23. The van der Waals surface area contributed by atoms with Gasteiger partial charge in [0.05, 0.1) is 5.75 Å². The molecule has 1 saturated carbocycles. The highest BCUT2D eigenvalue weighted by Crippen LogP contribution is 2.30. The van der Waals surface area contributed by atoms with Gasteiger partial charge in [-0.25, -0.2) is 13.1 Å². The van der Waals surface area contributed by atoms with Crippen molar-refractivity contribution < 1.29 is 18.3 Å². The van der Waals surface area contributed by atoms with Gasteiger partial charge in [-0.05, 0) is 37.0 Å². The molecule has 0 amide bonds. The average Bonchev–Trinajstić information content (AvgIpc) is 2.96. The summed E-state index contributed by atoms with van der Waals surface area (Å²) in [6, 6.07) is 0. The second-order valence-electron chi connectivity index (χ2n) is 5.67. The number of rotatable bonds is 9. The van der Waals surface area contributed by atoms with E-state index in [1.807, 2.05) is 13.8 Å². The average molecular weight is 277 g/mol. The lowest BCUT2D eigenvalue weighted by molar-refractivity contribution is -0.138. The van der Waals surface area contributed by atoms with Crippen LogP contribution in [0.4, 0.5) is 0 Å². The first-order valence-electron chi connectivity index (χ1n) is 6.47. The predicted octanol–water partition coefficient (Wildman–Crippen LogP) is 1.45. The van der Waals surface area contributed by atoms with Crippen LogP contribution in [-0.2, 0) is 14.8 Å². The van der Waals surface area contributed by atoms with Crippen molar-refractivity contribution in [1.29, 1.82) is 0 Å². The highest BCUT2D eigenvalue weighted by atomic mass is 32.2. The SMILES string of the molecule is CC(C)CC(CNS(=O)(=O)CC1CC1)CC(=O)O. The molecule has 0 heterocycles. The Bertz CT molecular complexity index is 374. The first-order valence-corrected chi connectivity index (χ1v) is 8.13. The Hall–Kier alpha value is -0.620. The summed E-state index contributed by atoms with van der Waals surface area (Å²) in [5.74, 6) is -0.139. The second kappa shape index (κ2) is 6.52. The standard InChI is InChI=1S/C12H23NO4S/c1-9(2)5-11(6-12(14)15)7-13-18(16,17)8-10-3-4-10/h9-11,13H,3-8H2,1-2H3,(H,14,15). The Morgan fingerprint density at radius 3 is 2.44 bits per heavy atom. The first-order chi connectivity index (χ1) is 8.28.